The maximum Gasteiger partial charge on any atom is 0.119 e. The van der Waals surface area contributed by atoms with Crippen LogP contribution in [0.25, 0.3) is 10.9 Å². The summed E-state index contributed by atoms with van der Waals surface area (Å²) in [6.45, 7) is 0.733. The van der Waals surface area contributed by atoms with Gasteiger partial charge in [0.15, 0.2) is 0 Å². The molecule has 4 heteroatoms. The lowest BCUT2D eigenvalue weighted by atomic mass is 9.69. The van der Waals surface area contributed by atoms with Crippen LogP contribution in [-0.4, -0.2) is 16.7 Å². The molecule has 6 rings (SSSR count). The molecule has 0 saturated carbocycles. The number of nitrogens with one attached hydrogen (secondary N) is 1. The zero-order valence-corrected chi connectivity index (χ0v) is 23.7. The van der Waals surface area contributed by atoms with Gasteiger partial charge in [-0.1, -0.05) is 64.5 Å². The van der Waals surface area contributed by atoms with Crippen molar-refractivity contribution in [2.24, 2.45) is 0 Å². The van der Waals surface area contributed by atoms with Gasteiger partial charge >= 0.3 is 0 Å². The summed E-state index contributed by atoms with van der Waals surface area (Å²) in [7, 11) is 0. The molecule has 0 amide bonds. The Morgan fingerprint density at radius 3 is 2.54 bits per heavy atom. The fourth-order valence-corrected chi connectivity index (χ4v) is 6.55. The molecular formula is C35H34BrNO2. The number of ether oxygens (including phenoxy) is 1. The molecular weight excluding hydrogens is 546 g/mol. The molecule has 4 aromatic carbocycles. The number of H-pyrrole nitrogens is 1. The van der Waals surface area contributed by atoms with Crippen LogP contribution in [0.15, 0.2) is 102 Å². The highest BCUT2D eigenvalue weighted by molar-refractivity contribution is 9.10. The summed E-state index contributed by atoms with van der Waals surface area (Å²) in [6.07, 6.45) is 8.61. The highest BCUT2D eigenvalue weighted by atomic mass is 79.9. The average molecular weight is 581 g/mol. The van der Waals surface area contributed by atoms with E-state index in [-0.39, 0.29) is 5.92 Å². The number of hydrogen-bond acceptors (Lipinski definition) is 2. The summed E-state index contributed by atoms with van der Waals surface area (Å²) in [5, 5.41) is 11.4. The van der Waals surface area contributed by atoms with Crippen LogP contribution in [0.3, 0.4) is 0 Å². The molecule has 1 aliphatic carbocycles. The quantitative estimate of drug-likeness (QED) is 0.171. The largest absolute Gasteiger partial charge is 0.508 e. The third-order valence-corrected chi connectivity index (χ3v) is 8.64. The Morgan fingerprint density at radius 1 is 0.846 bits per heavy atom. The van der Waals surface area contributed by atoms with Crippen molar-refractivity contribution in [2.45, 2.75) is 50.4 Å². The Morgan fingerprint density at radius 2 is 1.69 bits per heavy atom. The summed E-state index contributed by atoms with van der Waals surface area (Å²) in [5.74, 6) is 1.95. The van der Waals surface area contributed by atoms with Crippen molar-refractivity contribution in [3.8, 4) is 11.5 Å². The molecule has 1 aliphatic rings. The number of halogens is 1. The van der Waals surface area contributed by atoms with Crippen molar-refractivity contribution in [1.82, 2.24) is 4.98 Å². The third-order valence-electron chi connectivity index (χ3n) is 8.14. The van der Waals surface area contributed by atoms with Crippen molar-refractivity contribution in [2.75, 3.05) is 6.61 Å². The first-order valence-electron chi connectivity index (χ1n) is 14.0. The van der Waals surface area contributed by atoms with Gasteiger partial charge in [0.05, 0.1) is 6.61 Å². The van der Waals surface area contributed by atoms with Crippen LogP contribution in [0.4, 0.5) is 0 Å². The minimum Gasteiger partial charge on any atom is -0.508 e. The molecule has 0 radical (unpaired) electrons. The fraction of sp³-hybridized carbons (Fsp3) is 0.257. The van der Waals surface area contributed by atoms with Crippen LogP contribution in [0.2, 0.25) is 0 Å². The number of aromatic hydroxyl groups is 1. The van der Waals surface area contributed by atoms with Crippen LogP contribution in [0.5, 0.6) is 11.5 Å². The summed E-state index contributed by atoms with van der Waals surface area (Å²) in [4.78, 5) is 3.38. The van der Waals surface area contributed by atoms with Crippen LogP contribution >= 0.6 is 15.9 Å². The lowest BCUT2D eigenvalue weighted by Crippen LogP contribution is -2.20. The minimum atomic E-state index is 0.260. The van der Waals surface area contributed by atoms with Gasteiger partial charge in [-0.25, -0.2) is 0 Å². The number of aromatic amines is 1. The number of phenols is 1. The Labute approximate surface area is 239 Å². The molecule has 5 aromatic rings. The van der Waals surface area contributed by atoms with Crippen LogP contribution in [-0.2, 0) is 12.8 Å². The van der Waals surface area contributed by atoms with E-state index < -0.39 is 0 Å². The average Bonchev–Trinajstić information content (AvgIpc) is 3.37. The molecule has 0 aliphatic heterocycles. The molecule has 1 aromatic heterocycles. The molecule has 0 unspecified atom stereocenters. The van der Waals surface area contributed by atoms with E-state index in [1.165, 1.54) is 38.7 Å². The van der Waals surface area contributed by atoms with E-state index >= 15 is 0 Å². The molecule has 3 nitrogen and oxygen atoms in total. The van der Waals surface area contributed by atoms with E-state index in [0.717, 1.165) is 55.4 Å². The number of aromatic nitrogens is 1. The van der Waals surface area contributed by atoms with Gasteiger partial charge in [0, 0.05) is 27.5 Å². The third kappa shape index (κ3) is 5.77. The van der Waals surface area contributed by atoms with Crippen LogP contribution in [0, 0.1) is 0 Å². The number of benzene rings is 4. The second-order valence-electron chi connectivity index (χ2n) is 10.6. The molecule has 2 N–H and O–H groups in total. The smallest absolute Gasteiger partial charge is 0.119 e. The van der Waals surface area contributed by atoms with Gasteiger partial charge in [-0.15, -0.1) is 0 Å². The van der Waals surface area contributed by atoms with E-state index in [4.69, 9.17) is 4.74 Å². The number of rotatable bonds is 9. The molecule has 1 heterocycles. The van der Waals surface area contributed by atoms with Gasteiger partial charge in [0.1, 0.15) is 11.5 Å². The number of aryl methyl sites for hydroxylation is 2. The van der Waals surface area contributed by atoms with Gasteiger partial charge in [0.2, 0.25) is 0 Å². The number of fused-ring (bicyclic) bond motifs is 2. The van der Waals surface area contributed by atoms with E-state index in [1.54, 1.807) is 0 Å². The molecule has 0 bridgehead atoms. The second-order valence-corrected chi connectivity index (χ2v) is 11.6. The Kier molecular flexibility index (Phi) is 7.74. The van der Waals surface area contributed by atoms with Gasteiger partial charge in [-0.2, -0.15) is 0 Å². The van der Waals surface area contributed by atoms with Crippen molar-refractivity contribution < 1.29 is 9.84 Å². The Balaban J connectivity index is 1.07. The normalized spacial score (nSPS) is 16.7. The molecule has 0 fully saturated rings. The molecule has 0 saturated heterocycles. The highest BCUT2D eigenvalue weighted by Crippen LogP contribution is 2.47. The van der Waals surface area contributed by atoms with Gasteiger partial charge in [0.25, 0.3) is 0 Å². The van der Waals surface area contributed by atoms with E-state index in [0.29, 0.717) is 11.7 Å². The zero-order valence-electron chi connectivity index (χ0n) is 22.1. The van der Waals surface area contributed by atoms with E-state index in [2.05, 4.69) is 106 Å². The SMILES string of the molecule is Oc1ccc2c(c1)CC[C@H](c1ccccc1)[C@@H]2c1ccc(OCCCCCc2c[nH]c3ccc(Br)cc23)cc1. The Bertz CT molecular complexity index is 1540. The maximum atomic E-state index is 10.1. The predicted molar refractivity (Wildman–Crippen MR) is 163 cm³/mol. The standard InChI is InChI=1S/C35H34BrNO2/c36-28-13-19-34-33(22-28)27(23-37-34)9-5-2-6-20-39-30-15-10-25(11-16-30)35-31(24-7-3-1-4-8-24)17-12-26-21-29(38)14-18-32(26)35/h1,3-4,7-8,10-11,13-16,18-19,21-23,31,35,37-38H,2,5-6,9,12,17,20H2/t31-,35+/m1/s1. The van der Waals surface area contributed by atoms with E-state index in [1.807, 2.05) is 12.1 Å². The van der Waals surface area contributed by atoms with Gasteiger partial charge in [-0.3, -0.25) is 0 Å². The summed E-state index contributed by atoms with van der Waals surface area (Å²) < 4.78 is 7.25. The van der Waals surface area contributed by atoms with Crippen molar-refractivity contribution >= 4 is 26.8 Å². The van der Waals surface area contributed by atoms with Crippen LogP contribution in [0.1, 0.15) is 65.3 Å². The maximum absolute atomic E-state index is 10.1. The summed E-state index contributed by atoms with van der Waals surface area (Å²) >= 11 is 3.59. The molecule has 0 spiro atoms. The molecule has 198 valence electrons. The number of phenolic OH excluding ortho intramolecular Hbond substituents is 1. The summed E-state index contributed by atoms with van der Waals surface area (Å²) in [5.41, 5.74) is 7.84. The second kappa shape index (κ2) is 11.7. The first kappa shape index (κ1) is 25.8. The monoisotopic (exact) mass is 579 g/mol. The van der Waals surface area contributed by atoms with E-state index in [9.17, 15) is 5.11 Å². The number of hydrogen-bond donors (Lipinski definition) is 2. The topological polar surface area (TPSA) is 45.2 Å². The summed E-state index contributed by atoms with van der Waals surface area (Å²) in [6, 6.07) is 31.8. The lowest BCUT2D eigenvalue weighted by Gasteiger charge is -2.34. The predicted octanol–water partition coefficient (Wildman–Crippen LogP) is 9.29. The fourth-order valence-electron chi connectivity index (χ4n) is 6.19. The van der Waals surface area contributed by atoms with Gasteiger partial charge < -0.3 is 14.8 Å². The van der Waals surface area contributed by atoms with Gasteiger partial charge in [-0.05, 0) is 115 Å². The minimum absolute atomic E-state index is 0.260. The van der Waals surface area contributed by atoms with Crippen molar-refractivity contribution in [3.63, 3.8) is 0 Å². The molecule has 39 heavy (non-hydrogen) atoms. The first-order valence-corrected chi connectivity index (χ1v) is 14.8. The number of unbranched alkanes of at least 4 members (excludes halogenated alkanes) is 2. The van der Waals surface area contributed by atoms with Crippen molar-refractivity contribution in [3.05, 3.63) is 129 Å². The molecule has 2 atom stereocenters. The lowest BCUT2D eigenvalue weighted by molar-refractivity contribution is 0.305. The van der Waals surface area contributed by atoms with Crippen molar-refractivity contribution in [1.29, 1.82) is 0 Å². The van der Waals surface area contributed by atoms with Crippen LogP contribution < -0.4 is 4.74 Å². The first-order chi connectivity index (χ1) is 19.2. The highest BCUT2D eigenvalue weighted by Gasteiger charge is 2.32. The zero-order chi connectivity index (χ0) is 26.6. The Hall–Kier alpha value is -3.50.